The van der Waals surface area contributed by atoms with E-state index in [2.05, 4.69) is 26.2 Å². The zero-order chi connectivity index (χ0) is 15.5. The van der Waals surface area contributed by atoms with Gasteiger partial charge in [-0.15, -0.1) is 0 Å². The number of carboxylic acid groups (broad SMARTS) is 1. The Morgan fingerprint density at radius 2 is 2.10 bits per heavy atom. The van der Waals surface area contributed by atoms with Gasteiger partial charge in [0, 0.05) is 17.1 Å². The first-order valence-corrected chi connectivity index (χ1v) is 7.11. The molecule has 0 fully saturated rings. The minimum Gasteiger partial charge on any atom is -0.481 e. The van der Waals surface area contributed by atoms with Crippen molar-refractivity contribution >= 4 is 33.6 Å². The van der Waals surface area contributed by atoms with Crippen LogP contribution in [0, 0.1) is 18.3 Å². The number of amides is 1. The first-order chi connectivity index (χ1) is 9.16. The first kappa shape index (κ1) is 16.6. The molecule has 0 aliphatic carbocycles. The largest absolute Gasteiger partial charge is 0.481 e. The average molecular weight is 343 g/mol. The molecule has 20 heavy (non-hydrogen) atoms. The van der Waals surface area contributed by atoms with Crippen LogP contribution in [0.25, 0.3) is 0 Å². The molecule has 0 aromatic carbocycles. The van der Waals surface area contributed by atoms with Gasteiger partial charge in [0.25, 0.3) is 0 Å². The number of nitrogens with zero attached hydrogens (tertiary/aromatic N) is 1. The molecule has 1 rings (SSSR count). The summed E-state index contributed by atoms with van der Waals surface area (Å²) in [6, 6.07) is 1.83. The molecule has 0 bridgehead atoms. The molecule has 1 heterocycles. The van der Waals surface area contributed by atoms with Crippen molar-refractivity contribution in [2.75, 3.05) is 5.32 Å². The Balaban J connectivity index is 2.84. The second-order valence-corrected chi connectivity index (χ2v) is 6.34. The smallest absolute Gasteiger partial charge is 0.310 e. The Labute approximate surface area is 126 Å². The summed E-state index contributed by atoms with van der Waals surface area (Å²) in [5.41, 5.74) is -0.276. The monoisotopic (exact) mass is 342 g/mol. The molecule has 1 amide bonds. The molecule has 0 aliphatic heterocycles. The van der Waals surface area contributed by atoms with E-state index in [1.807, 2.05) is 13.0 Å². The van der Waals surface area contributed by atoms with E-state index in [9.17, 15) is 14.7 Å². The highest BCUT2D eigenvalue weighted by Crippen LogP contribution is 2.31. The number of anilines is 1. The van der Waals surface area contributed by atoms with Crippen LogP contribution in [0.15, 0.2) is 16.7 Å². The van der Waals surface area contributed by atoms with Gasteiger partial charge in [0.1, 0.15) is 5.82 Å². The number of aliphatic carboxylic acids is 1. The van der Waals surface area contributed by atoms with Crippen molar-refractivity contribution in [2.45, 2.75) is 34.1 Å². The lowest BCUT2D eigenvalue weighted by Gasteiger charge is -2.28. The molecule has 1 aromatic rings. The third kappa shape index (κ3) is 3.79. The average Bonchev–Trinajstić information content (AvgIpc) is 2.32. The van der Waals surface area contributed by atoms with Crippen LogP contribution >= 0.6 is 15.9 Å². The number of carbonyl (C=O) groups is 2. The van der Waals surface area contributed by atoms with Crippen molar-refractivity contribution in [2.24, 2.45) is 11.3 Å². The van der Waals surface area contributed by atoms with Crippen molar-refractivity contribution in [3.63, 3.8) is 0 Å². The number of carboxylic acids is 1. The van der Waals surface area contributed by atoms with Crippen LogP contribution in [0.5, 0.6) is 0 Å². The van der Waals surface area contributed by atoms with Gasteiger partial charge in [-0.2, -0.15) is 0 Å². The van der Waals surface area contributed by atoms with E-state index < -0.39 is 11.4 Å². The van der Waals surface area contributed by atoms with Crippen LogP contribution in [0.2, 0.25) is 0 Å². The Hall–Kier alpha value is -1.43. The molecule has 0 radical (unpaired) electrons. The summed E-state index contributed by atoms with van der Waals surface area (Å²) < 4.78 is 0.825. The quantitative estimate of drug-likeness (QED) is 0.860. The molecule has 110 valence electrons. The minimum absolute atomic E-state index is 0.0861. The molecular weight excluding hydrogens is 324 g/mol. The highest BCUT2D eigenvalue weighted by molar-refractivity contribution is 9.10. The van der Waals surface area contributed by atoms with Gasteiger partial charge in [-0.1, -0.05) is 13.8 Å². The van der Waals surface area contributed by atoms with Crippen LogP contribution in [0.3, 0.4) is 0 Å². The summed E-state index contributed by atoms with van der Waals surface area (Å²) in [6.45, 7) is 7.00. The van der Waals surface area contributed by atoms with Crippen molar-refractivity contribution in [3.05, 3.63) is 22.3 Å². The van der Waals surface area contributed by atoms with Crippen LogP contribution in [0.1, 0.15) is 32.8 Å². The number of hydrogen-bond donors (Lipinski definition) is 2. The van der Waals surface area contributed by atoms with E-state index in [0.29, 0.717) is 5.82 Å². The van der Waals surface area contributed by atoms with Gasteiger partial charge in [0.15, 0.2) is 0 Å². The number of pyridine rings is 1. The van der Waals surface area contributed by atoms with Crippen molar-refractivity contribution in [1.29, 1.82) is 0 Å². The van der Waals surface area contributed by atoms with Crippen LogP contribution in [-0.4, -0.2) is 22.0 Å². The highest BCUT2D eigenvalue weighted by atomic mass is 79.9. The fraction of sp³-hybridized carbons (Fsp3) is 0.500. The van der Waals surface area contributed by atoms with E-state index in [1.165, 1.54) is 0 Å². The maximum Gasteiger partial charge on any atom is 0.310 e. The Morgan fingerprint density at radius 3 is 2.55 bits per heavy atom. The summed E-state index contributed by atoms with van der Waals surface area (Å²) in [7, 11) is 0. The standard InChI is InChI=1S/C14H19BrN2O3/c1-8(2)14(4,13(19)20)6-11(18)17-12-9(3)5-10(15)7-16-12/h5,7-8H,6H2,1-4H3,(H,19,20)(H,16,17,18). The van der Waals surface area contributed by atoms with Gasteiger partial charge < -0.3 is 10.4 Å². The number of halogens is 1. The number of nitrogens with one attached hydrogen (secondary N) is 1. The summed E-state index contributed by atoms with van der Waals surface area (Å²) in [4.78, 5) is 27.5. The molecule has 6 heteroatoms. The van der Waals surface area contributed by atoms with Gasteiger partial charge in [0.2, 0.25) is 5.91 Å². The zero-order valence-electron chi connectivity index (χ0n) is 12.0. The normalized spacial score (nSPS) is 13.9. The third-order valence-electron chi connectivity index (χ3n) is 3.59. The second-order valence-electron chi connectivity index (χ2n) is 5.42. The number of carbonyl (C=O) groups excluding carboxylic acids is 1. The lowest BCUT2D eigenvalue weighted by Crippen LogP contribution is -2.37. The minimum atomic E-state index is -1.09. The van der Waals surface area contributed by atoms with Gasteiger partial charge in [-0.25, -0.2) is 4.98 Å². The molecule has 0 saturated carbocycles. The van der Waals surface area contributed by atoms with Gasteiger partial charge in [-0.3, -0.25) is 9.59 Å². The Bertz CT molecular complexity index is 531. The highest BCUT2D eigenvalue weighted by Gasteiger charge is 2.38. The molecule has 1 unspecified atom stereocenters. The fourth-order valence-corrected chi connectivity index (χ4v) is 2.15. The van der Waals surface area contributed by atoms with Gasteiger partial charge >= 0.3 is 5.97 Å². The maximum atomic E-state index is 12.0. The van der Waals surface area contributed by atoms with Gasteiger partial charge in [0.05, 0.1) is 5.41 Å². The van der Waals surface area contributed by atoms with E-state index in [4.69, 9.17) is 0 Å². The Morgan fingerprint density at radius 1 is 1.50 bits per heavy atom. The van der Waals surface area contributed by atoms with E-state index in [-0.39, 0.29) is 18.2 Å². The lowest BCUT2D eigenvalue weighted by molar-refractivity contribution is -0.153. The molecule has 0 spiro atoms. The summed E-state index contributed by atoms with van der Waals surface area (Å²) in [6.07, 6.45) is 1.50. The number of aryl methyl sites for hydroxylation is 1. The van der Waals surface area contributed by atoms with Crippen LogP contribution in [-0.2, 0) is 9.59 Å². The Kier molecular flexibility index (Phi) is 5.28. The van der Waals surface area contributed by atoms with Crippen molar-refractivity contribution in [3.8, 4) is 0 Å². The molecule has 5 nitrogen and oxygen atoms in total. The summed E-state index contributed by atoms with van der Waals surface area (Å²) in [5, 5.41) is 12.0. The summed E-state index contributed by atoms with van der Waals surface area (Å²) in [5.74, 6) is -1.01. The molecule has 2 N–H and O–H groups in total. The molecule has 0 aliphatic rings. The fourth-order valence-electron chi connectivity index (χ4n) is 1.71. The van der Waals surface area contributed by atoms with E-state index in [1.54, 1.807) is 27.0 Å². The molecular formula is C14H19BrN2O3. The predicted octanol–water partition coefficient (Wildman–Crippen LogP) is 3.23. The molecule has 1 atom stereocenters. The number of aromatic nitrogens is 1. The van der Waals surface area contributed by atoms with E-state index >= 15 is 0 Å². The topological polar surface area (TPSA) is 79.3 Å². The number of hydrogen-bond acceptors (Lipinski definition) is 3. The summed E-state index contributed by atoms with van der Waals surface area (Å²) >= 11 is 3.30. The molecule has 0 saturated heterocycles. The van der Waals surface area contributed by atoms with Crippen LogP contribution in [0.4, 0.5) is 5.82 Å². The second kappa shape index (κ2) is 6.35. The number of rotatable bonds is 5. The van der Waals surface area contributed by atoms with Gasteiger partial charge in [-0.05, 0) is 47.3 Å². The van der Waals surface area contributed by atoms with Crippen molar-refractivity contribution < 1.29 is 14.7 Å². The lowest BCUT2D eigenvalue weighted by atomic mass is 9.76. The zero-order valence-corrected chi connectivity index (χ0v) is 13.6. The van der Waals surface area contributed by atoms with Crippen LogP contribution < -0.4 is 5.32 Å². The van der Waals surface area contributed by atoms with E-state index in [0.717, 1.165) is 10.0 Å². The first-order valence-electron chi connectivity index (χ1n) is 6.32. The maximum absolute atomic E-state index is 12.0. The SMILES string of the molecule is Cc1cc(Br)cnc1NC(=O)CC(C)(C(=O)O)C(C)C. The van der Waals surface area contributed by atoms with Crippen molar-refractivity contribution in [1.82, 2.24) is 4.98 Å². The third-order valence-corrected chi connectivity index (χ3v) is 4.03. The molecule has 1 aromatic heterocycles. The predicted molar refractivity (Wildman–Crippen MR) is 80.5 cm³/mol.